The lowest BCUT2D eigenvalue weighted by molar-refractivity contribution is 0.0635. The molecular formula is C30H33ClFN5O3. The van der Waals surface area contributed by atoms with Crippen LogP contribution in [0.5, 0.6) is 0 Å². The zero-order valence-electron chi connectivity index (χ0n) is 23.6. The van der Waals surface area contributed by atoms with E-state index in [4.69, 9.17) is 16.3 Å². The van der Waals surface area contributed by atoms with Crippen molar-refractivity contribution in [2.45, 2.75) is 65.7 Å². The Morgan fingerprint density at radius 1 is 1.05 bits per heavy atom. The van der Waals surface area contributed by atoms with E-state index in [1.807, 2.05) is 18.2 Å². The van der Waals surface area contributed by atoms with Crippen LogP contribution in [0.2, 0.25) is 5.02 Å². The smallest absolute Gasteiger partial charge is 0.412 e. The molecule has 8 nitrogen and oxygen atoms in total. The van der Waals surface area contributed by atoms with Crippen LogP contribution in [0, 0.1) is 12.7 Å². The average molecular weight is 566 g/mol. The number of amides is 1. The molecule has 4 rings (SSSR count). The molecule has 0 aliphatic rings. The van der Waals surface area contributed by atoms with Gasteiger partial charge in [0.2, 0.25) is 0 Å². The Balaban J connectivity index is 1.68. The first-order valence-corrected chi connectivity index (χ1v) is 13.2. The molecular weight excluding hydrogens is 533 g/mol. The Kier molecular flexibility index (Phi) is 8.01. The largest absolute Gasteiger partial charge is 0.444 e. The number of hydrogen-bond donors (Lipinski definition) is 3. The first-order valence-electron chi connectivity index (χ1n) is 12.8. The van der Waals surface area contributed by atoms with Gasteiger partial charge in [0.25, 0.3) is 0 Å². The summed E-state index contributed by atoms with van der Waals surface area (Å²) in [5.74, 6) is -0.121. The quantitative estimate of drug-likeness (QED) is 0.221. The third kappa shape index (κ3) is 6.66. The zero-order valence-corrected chi connectivity index (χ0v) is 24.3. The molecule has 0 saturated heterocycles. The molecule has 1 atom stereocenters. The topological polar surface area (TPSA) is 109 Å². The molecule has 0 aliphatic carbocycles. The second-order valence-corrected chi connectivity index (χ2v) is 11.6. The normalized spacial score (nSPS) is 12.8. The van der Waals surface area contributed by atoms with Crippen molar-refractivity contribution in [3.63, 3.8) is 0 Å². The summed E-state index contributed by atoms with van der Waals surface area (Å²) in [6.45, 7) is 12.2. The number of aromatic nitrogens is 3. The molecule has 10 heteroatoms. The fourth-order valence-electron chi connectivity index (χ4n) is 4.15. The van der Waals surface area contributed by atoms with Crippen molar-refractivity contribution in [3.8, 4) is 11.1 Å². The fourth-order valence-corrected chi connectivity index (χ4v) is 4.34. The van der Waals surface area contributed by atoms with Gasteiger partial charge in [0.15, 0.2) is 5.82 Å². The maximum Gasteiger partial charge on any atom is 0.412 e. The van der Waals surface area contributed by atoms with Crippen LogP contribution < -0.4 is 10.6 Å². The van der Waals surface area contributed by atoms with Gasteiger partial charge >= 0.3 is 6.09 Å². The van der Waals surface area contributed by atoms with Gasteiger partial charge in [0.1, 0.15) is 17.0 Å². The van der Waals surface area contributed by atoms with E-state index in [0.717, 1.165) is 16.5 Å². The van der Waals surface area contributed by atoms with Crippen LogP contribution in [0.15, 0.2) is 48.8 Å². The number of pyridine rings is 1. The van der Waals surface area contributed by atoms with Gasteiger partial charge in [-0.05, 0) is 84.4 Å². The molecule has 210 valence electrons. The molecule has 0 aliphatic heterocycles. The summed E-state index contributed by atoms with van der Waals surface area (Å²) in [5, 5.41) is 17.3. The summed E-state index contributed by atoms with van der Waals surface area (Å²) in [6, 6.07) is 9.51. The summed E-state index contributed by atoms with van der Waals surface area (Å²) in [7, 11) is 0. The van der Waals surface area contributed by atoms with E-state index in [2.05, 4.69) is 25.6 Å². The number of aliphatic hydroxyl groups is 1. The molecule has 40 heavy (non-hydrogen) atoms. The summed E-state index contributed by atoms with van der Waals surface area (Å²) in [5.41, 5.74) is 2.40. The minimum Gasteiger partial charge on any atom is -0.444 e. The number of nitrogens with one attached hydrogen (secondary N) is 2. The Morgan fingerprint density at radius 3 is 2.35 bits per heavy atom. The third-order valence-corrected chi connectivity index (χ3v) is 6.55. The number of aryl methyl sites for hydroxylation is 1. The lowest BCUT2D eigenvalue weighted by Crippen LogP contribution is -2.27. The number of rotatable bonds is 6. The Morgan fingerprint density at radius 2 is 1.73 bits per heavy atom. The zero-order chi connectivity index (χ0) is 29.4. The minimum absolute atomic E-state index is 0.318. The molecule has 2 aromatic heterocycles. The Bertz CT molecular complexity index is 1560. The third-order valence-electron chi connectivity index (χ3n) is 6.09. The van der Waals surface area contributed by atoms with Crippen LogP contribution in [0.4, 0.5) is 20.6 Å². The van der Waals surface area contributed by atoms with Gasteiger partial charge in [-0.1, -0.05) is 17.7 Å². The highest BCUT2D eigenvalue weighted by atomic mass is 35.5. The second kappa shape index (κ2) is 11.0. The number of carbonyl (C=O) groups excluding carboxylic acids is 1. The summed E-state index contributed by atoms with van der Waals surface area (Å²) in [4.78, 5) is 25.5. The van der Waals surface area contributed by atoms with Crippen molar-refractivity contribution in [1.29, 1.82) is 0 Å². The number of hydrogen-bond acceptors (Lipinski definition) is 7. The van der Waals surface area contributed by atoms with E-state index in [-0.39, 0.29) is 0 Å². The number of benzene rings is 2. The summed E-state index contributed by atoms with van der Waals surface area (Å²) < 4.78 is 20.3. The first kappa shape index (κ1) is 29.2. The molecule has 0 saturated carbocycles. The van der Waals surface area contributed by atoms with Crippen LogP contribution in [0.1, 0.15) is 64.7 Å². The maximum absolute atomic E-state index is 15.0. The molecule has 0 fully saturated rings. The van der Waals surface area contributed by atoms with Gasteiger partial charge in [0.05, 0.1) is 28.0 Å². The molecule has 4 aromatic rings. The van der Waals surface area contributed by atoms with Crippen molar-refractivity contribution in [3.05, 3.63) is 76.7 Å². The van der Waals surface area contributed by atoms with E-state index >= 15 is 0 Å². The van der Waals surface area contributed by atoms with Crippen molar-refractivity contribution >= 4 is 40.0 Å². The second-order valence-electron chi connectivity index (χ2n) is 11.2. The van der Waals surface area contributed by atoms with Gasteiger partial charge in [-0.25, -0.2) is 19.2 Å². The standard InChI is InChI=1S/C30H33ClFN5O3/c1-16(21-13-20(9-10-23(21)32)37-28(38)40-29(3,4)5)36-26-22-12-18(8-11-24(22)35-17(2)25(26)31)19-14-33-27(34-15-19)30(6,7)39/h8-16,39H,1-7H3,(H,35,36)(H,37,38)/t16-/m1/s1. The lowest BCUT2D eigenvalue weighted by atomic mass is 10.0. The molecule has 0 spiro atoms. The molecule has 0 unspecified atom stereocenters. The van der Waals surface area contributed by atoms with Crippen LogP contribution in [-0.4, -0.2) is 31.8 Å². The van der Waals surface area contributed by atoms with Crippen LogP contribution in [-0.2, 0) is 10.3 Å². The van der Waals surface area contributed by atoms with Crippen LogP contribution >= 0.6 is 11.6 Å². The minimum atomic E-state index is -1.15. The summed E-state index contributed by atoms with van der Waals surface area (Å²) >= 11 is 6.73. The molecule has 3 N–H and O–H groups in total. The first-order chi connectivity index (χ1) is 18.6. The monoisotopic (exact) mass is 565 g/mol. The van der Waals surface area contributed by atoms with Crippen molar-refractivity contribution in [1.82, 2.24) is 15.0 Å². The van der Waals surface area contributed by atoms with Gasteiger partial charge in [-0.3, -0.25) is 10.3 Å². The molecule has 0 radical (unpaired) electrons. The summed E-state index contributed by atoms with van der Waals surface area (Å²) in [6.07, 6.45) is 2.68. The highest BCUT2D eigenvalue weighted by Crippen LogP contribution is 2.37. The number of halogens is 2. The highest BCUT2D eigenvalue weighted by molar-refractivity contribution is 6.35. The van der Waals surface area contributed by atoms with Gasteiger partial charge in [0, 0.05) is 34.6 Å². The van der Waals surface area contributed by atoms with Gasteiger partial charge < -0.3 is 15.2 Å². The van der Waals surface area contributed by atoms with Crippen LogP contribution in [0.3, 0.4) is 0 Å². The Hall–Kier alpha value is -3.82. The van der Waals surface area contributed by atoms with E-state index < -0.39 is 29.2 Å². The number of ether oxygens (including phenoxy) is 1. The van der Waals surface area contributed by atoms with Gasteiger partial charge in [-0.2, -0.15) is 0 Å². The SMILES string of the molecule is Cc1nc2ccc(-c3cnc(C(C)(C)O)nc3)cc2c(N[C@H](C)c2cc(NC(=O)OC(C)(C)C)ccc2F)c1Cl. The number of nitrogens with zero attached hydrogens (tertiary/aromatic N) is 3. The van der Waals surface area contributed by atoms with Crippen LogP contribution in [0.25, 0.3) is 22.0 Å². The highest BCUT2D eigenvalue weighted by Gasteiger charge is 2.21. The van der Waals surface area contributed by atoms with E-state index in [9.17, 15) is 14.3 Å². The van der Waals surface area contributed by atoms with Crippen molar-refractivity contribution < 1.29 is 19.0 Å². The molecule has 2 aromatic carbocycles. The predicted molar refractivity (Wildman–Crippen MR) is 156 cm³/mol. The fraction of sp³-hybridized carbons (Fsp3) is 0.333. The predicted octanol–water partition coefficient (Wildman–Crippen LogP) is 7.54. The molecule has 2 heterocycles. The molecule has 1 amide bonds. The number of fused-ring (bicyclic) bond motifs is 1. The maximum atomic E-state index is 15.0. The lowest BCUT2D eigenvalue weighted by Gasteiger charge is -2.22. The number of anilines is 2. The number of carbonyl (C=O) groups is 1. The van der Waals surface area contributed by atoms with E-state index in [0.29, 0.717) is 39.0 Å². The van der Waals surface area contributed by atoms with E-state index in [1.54, 1.807) is 66.9 Å². The van der Waals surface area contributed by atoms with Crippen molar-refractivity contribution in [2.24, 2.45) is 0 Å². The average Bonchev–Trinajstić information content (AvgIpc) is 2.86. The Labute approximate surface area is 238 Å². The van der Waals surface area contributed by atoms with E-state index in [1.165, 1.54) is 12.1 Å². The van der Waals surface area contributed by atoms with Gasteiger partial charge in [-0.15, -0.1) is 0 Å². The molecule has 0 bridgehead atoms. The van der Waals surface area contributed by atoms with Crippen molar-refractivity contribution in [2.75, 3.05) is 10.6 Å².